The number of nitrogens with zero attached hydrogens (tertiary/aromatic N) is 4. The third kappa shape index (κ3) is 3.46. The molecule has 0 saturated carbocycles. The molecular weight excluding hydrogens is 343 g/mol. The van der Waals surface area contributed by atoms with Crippen molar-refractivity contribution >= 4 is 0 Å². The van der Waals surface area contributed by atoms with Crippen molar-refractivity contribution < 1.29 is 8.81 Å². The van der Waals surface area contributed by atoms with Crippen molar-refractivity contribution in [1.82, 2.24) is 15.1 Å². The Hall–Kier alpha value is -3.04. The number of rotatable bonds is 4. The van der Waals surface area contributed by atoms with Gasteiger partial charge in [-0.25, -0.2) is 4.39 Å². The van der Waals surface area contributed by atoms with Gasteiger partial charge in [0, 0.05) is 25.1 Å². The van der Waals surface area contributed by atoms with E-state index in [2.05, 4.69) is 27.2 Å². The monoisotopic (exact) mass is 362 g/mol. The van der Waals surface area contributed by atoms with Gasteiger partial charge in [0.1, 0.15) is 5.82 Å². The van der Waals surface area contributed by atoms with Crippen LogP contribution in [0.4, 0.5) is 4.39 Å². The van der Waals surface area contributed by atoms with Crippen LogP contribution in [0.3, 0.4) is 0 Å². The lowest BCUT2D eigenvalue weighted by Gasteiger charge is -2.35. The second kappa shape index (κ2) is 7.29. The molecule has 0 radical (unpaired) electrons. The first-order chi connectivity index (χ1) is 13.2. The first-order valence-electron chi connectivity index (χ1n) is 8.99. The van der Waals surface area contributed by atoms with E-state index in [4.69, 9.17) is 9.68 Å². The highest BCUT2D eigenvalue weighted by atomic mass is 19.1. The minimum atomic E-state index is -0.369. The second-order valence-electron chi connectivity index (χ2n) is 6.70. The van der Waals surface area contributed by atoms with Crippen LogP contribution in [0.2, 0.25) is 0 Å². The van der Waals surface area contributed by atoms with E-state index < -0.39 is 0 Å². The summed E-state index contributed by atoms with van der Waals surface area (Å²) in [4.78, 5) is 2.15. The van der Waals surface area contributed by atoms with Crippen LogP contribution >= 0.6 is 0 Å². The molecular formula is C21H19FN4O. The molecule has 136 valence electrons. The number of fused-ring (bicyclic) bond motifs is 1. The summed E-state index contributed by atoms with van der Waals surface area (Å²) in [6, 6.07) is 14.7. The average Bonchev–Trinajstić information content (AvgIpc) is 3.18. The normalized spacial score (nSPS) is 16.7. The van der Waals surface area contributed by atoms with Crippen LogP contribution < -0.4 is 0 Å². The maximum atomic E-state index is 14.4. The molecule has 0 bridgehead atoms. The third-order valence-corrected chi connectivity index (χ3v) is 4.97. The molecule has 6 heteroatoms. The highest BCUT2D eigenvalue weighted by Crippen LogP contribution is 2.34. The summed E-state index contributed by atoms with van der Waals surface area (Å²) in [5.74, 6) is 0.801. The quantitative estimate of drug-likeness (QED) is 0.703. The number of hydrogen-bond acceptors (Lipinski definition) is 5. The van der Waals surface area contributed by atoms with E-state index >= 15 is 0 Å². The minimum Gasteiger partial charge on any atom is -0.424 e. The third-order valence-electron chi connectivity index (χ3n) is 4.97. The molecule has 5 nitrogen and oxygen atoms in total. The molecule has 0 fully saturated rings. The Morgan fingerprint density at radius 1 is 1.22 bits per heavy atom. The van der Waals surface area contributed by atoms with Gasteiger partial charge in [0.25, 0.3) is 0 Å². The molecule has 1 unspecified atom stereocenters. The van der Waals surface area contributed by atoms with Crippen LogP contribution in [0, 0.1) is 17.1 Å². The molecule has 0 aliphatic carbocycles. The molecule has 27 heavy (non-hydrogen) atoms. The maximum absolute atomic E-state index is 14.4. The number of aryl methyl sites for hydroxylation is 1. The van der Waals surface area contributed by atoms with Gasteiger partial charge >= 0.3 is 0 Å². The maximum Gasteiger partial charge on any atom is 0.233 e. The first kappa shape index (κ1) is 17.4. The topological polar surface area (TPSA) is 66.0 Å². The standard InChI is InChI=1S/C21H19FN4O/c1-2-20-24-25-21(27-20)19-10-15-5-3-4-6-16(15)12-26(19)13-17-8-7-14(11-23)9-18(17)22/h3-9,19H,2,10,12-13H2,1H3. The molecule has 0 saturated heterocycles. The van der Waals surface area contributed by atoms with Crippen molar-refractivity contribution in [3.05, 3.63) is 82.3 Å². The highest BCUT2D eigenvalue weighted by molar-refractivity contribution is 5.34. The lowest BCUT2D eigenvalue weighted by Crippen LogP contribution is -2.34. The van der Waals surface area contributed by atoms with Gasteiger partial charge in [-0.3, -0.25) is 4.90 Å². The summed E-state index contributed by atoms with van der Waals surface area (Å²) >= 11 is 0. The van der Waals surface area contributed by atoms with Gasteiger partial charge in [-0.05, 0) is 29.7 Å². The number of aromatic nitrogens is 2. The van der Waals surface area contributed by atoms with Crippen LogP contribution in [0.15, 0.2) is 46.9 Å². The predicted octanol–water partition coefficient (Wildman–Crippen LogP) is 3.94. The second-order valence-corrected chi connectivity index (χ2v) is 6.70. The molecule has 1 aliphatic rings. The van der Waals surface area contributed by atoms with E-state index in [1.54, 1.807) is 12.1 Å². The zero-order valence-electron chi connectivity index (χ0n) is 15.0. The molecule has 1 atom stereocenters. The van der Waals surface area contributed by atoms with Gasteiger partial charge in [0.05, 0.1) is 17.7 Å². The summed E-state index contributed by atoms with van der Waals surface area (Å²) in [6.07, 6.45) is 1.42. The summed E-state index contributed by atoms with van der Waals surface area (Å²) < 4.78 is 20.3. The summed E-state index contributed by atoms with van der Waals surface area (Å²) in [6.45, 7) is 3.04. The summed E-state index contributed by atoms with van der Waals surface area (Å²) in [7, 11) is 0. The van der Waals surface area contributed by atoms with Crippen LogP contribution in [-0.2, 0) is 25.9 Å². The molecule has 0 spiro atoms. The lowest BCUT2D eigenvalue weighted by molar-refractivity contribution is 0.135. The van der Waals surface area contributed by atoms with Crippen molar-refractivity contribution in [2.75, 3.05) is 0 Å². The van der Waals surface area contributed by atoms with Gasteiger partial charge in [-0.15, -0.1) is 10.2 Å². The van der Waals surface area contributed by atoms with Gasteiger partial charge in [-0.2, -0.15) is 5.26 Å². The highest BCUT2D eigenvalue weighted by Gasteiger charge is 2.31. The van der Waals surface area contributed by atoms with Crippen molar-refractivity contribution in [3.8, 4) is 6.07 Å². The smallest absolute Gasteiger partial charge is 0.233 e. The van der Waals surface area contributed by atoms with Crippen LogP contribution in [0.1, 0.15) is 47.0 Å². The Kier molecular flexibility index (Phi) is 4.69. The SMILES string of the molecule is CCc1nnc(C2Cc3ccccc3CN2Cc2ccc(C#N)cc2F)o1. The van der Waals surface area contributed by atoms with E-state index in [9.17, 15) is 4.39 Å². The van der Waals surface area contributed by atoms with E-state index in [-0.39, 0.29) is 11.9 Å². The fourth-order valence-corrected chi connectivity index (χ4v) is 3.49. The number of nitriles is 1. The Morgan fingerprint density at radius 2 is 2.04 bits per heavy atom. The van der Waals surface area contributed by atoms with Crippen molar-refractivity contribution in [1.29, 1.82) is 5.26 Å². The molecule has 2 heterocycles. The Bertz CT molecular complexity index is 1010. The van der Waals surface area contributed by atoms with Crippen LogP contribution in [-0.4, -0.2) is 15.1 Å². The Morgan fingerprint density at radius 3 is 2.74 bits per heavy atom. The van der Waals surface area contributed by atoms with E-state index in [0.29, 0.717) is 42.4 Å². The van der Waals surface area contributed by atoms with Gasteiger partial charge < -0.3 is 4.42 Å². The van der Waals surface area contributed by atoms with Crippen molar-refractivity contribution in [2.24, 2.45) is 0 Å². The largest absolute Gasteiger partial charge is 0.424 e. The molecule has 4 rings (SSSR count). The molecule has 0 N–H and O–H groups in total. The van der Waals surface area contributed by atoms with Crippen molar-refractivity contribution in [2.45, 2.75) is 38.9 Å². The van der Waals surface area contributed by atoms with E-state index in [0.717, 1.165) is 6.42 Å². The van der Waals surface area contributed by atoms with Gasteiger partial charge in [-0.1, -0.05) is 37.3 Å². The molecule has 2 aromatic carbocycles. The average molecular weight is 362 g/mol. The molecule has 1 aliphatic heterocycles. The van der Waals surface area contributed by atoms with E-state index in [1.165, 1.54) is 17.2 Å². The molecule has 3 aromatic rings. The lowest BCUT2D eigenvalue weighted by atomic mass is 9.93. The first-order valence-corrected chi connectivity index (χ1v) is 8.99. The zero-order valence-corrected chi connectivity index (χ0v) is 15.0. The zero-order chi connectivity index (χ0) is 18.8. The summed E-state index contributed by atoms with van der Waals surface area (Å²) in [5.41, 5.74) is 3.34. The number of halogens is 1. The Labute approximate surface area is 157 Å². The van der Waals surface area contributed by atoms with E-state index in [1.807, 2.05) is 25.1 Å². The molecule has 1 aromatic heterocycles. The van der Waals surface area contributed by atoms with Gasteiger partial charge in [0.15, 0.2) is 0 Å². The minimum absolute atomic E-state index is 0.109. The fourth-order valence-electron chi connectivity index (χ4n) is 3.49. The predicted molar refractivity (Wildman–Crippen MR) is 96.9 cm³/mol. The number of hydrogen-bond donors (Lipinski definition) is 0. The van der Waals surface area contributed by atoms with Gasteiger partial charge in [0.2, 0.25) is 11.8 Å². The van der Waals surface area contributed by atoms with Crippen LogP contribution in [0.5, 0.6) is 0 Å². The number of benzene rings is 2. The summed E-state index contributed by atoms with van der Waals surface area (Å²) in [5, 5.41) is 17.3. The molecule has 0 amide bonds. The fraction of sp³-hybridized carbons (Fsp3) is 0.286. The van der Waals surface area contributed by atoms with Crippen molar-refractivity contribution in [3.63, 3.8) is 0 Å². The van der Waals surface area contributed by atoms with Crippen LogP contribution in [0.25, 0.3) is 0 Å². The Balaban J connectivity index is 1.68.